The molecule has 0 amide bonds. The van der Waals surface area contributed by atoms with Crippen molar-refractivity contribution in [3.63, 3.8) is 0 Å². The van der Waals surface area contributed by atoms with Gasteiger partial charge in [0.25, 0.3) is 0 Å². The van der Waals surface area contributed by atoms with Crippen molar-refractivity contribution >= 4 is 44.4 Å². The van der Waals surface area contributed by atoms with Crippen molar-refractivity contribution in [2.45, 2.75) is 25.0 Å². The molecule has 2 heterocycles. The lowest BCUT2D eigenvalue weighted by molar-refractivity contribution is -0.116. The molecule has 0 radical (unpaired) electrons. The number of carbonyl (C=O) groups is 1. The largest absolute Gasteiger partial charge is 0.453 e. The van der Waals surface area contributed by atoms with Gasteiger partial charge >= 0.3 is 0 Å². The van der Waals surface area contributed by atoms with Gasteiger partial charge < -0.3 is 4.42 Å². The Kier molecular flexibility index (Phi) is 5.82. The Morgan fingerprint density at radius 1 is 1.21 bits per heavy atom. The molecule has 0 fully saturated rings. The van der Waals surface area contributed by atoms with Crippen LogP contribution < -0.4 is 0 Å². The zero-order valence-electron chi connectivity index (χ0n) is 15.6. The van der Waals surface area contributed by atoms with Gasteiger partial charge in [-0.05, 0) is 48.9 Å². The number of halogens is 2. The number of thioether (sulfide) groups is 1. The molecule has 0 spiro atoms. The Hall–Kier alpha value is -2.45. The van der Waals surface area contributed by atoms with Gasteiger partial charge in [-0.15, -0.1) is 10.2 Å². The molecule has 148 valence electrons. The fourth-order valence-electron chi connectivity index (χ4n) is 3.06. The van der Waals surface area contributed by atoms with Crippen LogP contribution in [0.4, 0.5) is 4.39 Å². The monoisotopic (exact) mass is 473 g/mol. The van der Waals surface area contributed by atoms with Crippen LogP contribution >= 0.6 is 27.7 Å². The lowest BCUT2D eigenvalue weighted by atomic mass is 10.1. The third-order valence-corrected chi connectivity index (χ3v) is 5.90. The molecular formula is C21H17BrFN3O2S. The fourth-order valence-corrected chi connectivity index (χ4v) is 4.30. The van der Waals surface area contributed by atoms with E-state index in [1.54, 1.807) is 12.1 Å². The predicted molar refractivity (Wildman–Crippen MR) is 114 cm³/mol. The summed E-state index contributed by atoms with van der Waals surface area (Å²) in [4.78, 5) is 12.3. The quantitative estimate of drug-likeness (QED) is 0.331. The second-order valence-electron chi connectivity index (χ2n) is 6.48. The van der Waals surface area contributed by atoms with Crippen LogP contribution in [0.5, 0.6) is 0 Å². The molecule has 2 aromatic heterocycles. The third kappa shape index (κ3) is 4.43. The summed E-state index contributed by atoms with van der Waals surface area (Å²) in [6, 6.07) is 13.8. The standard InChI is InChI=1S/C21H17BrFN3O2S/c1-2-26-20(19-11-14-10-15(22)6-7-18(14)28-19)24-25-21(26)29-12-17(27)9-13-4-3-5-16(23)8-13/h3-8,10-11H,2,9,12H2,1H3. The van der Waals surface area contributed by atoms with Gasteiger partial charge in [0.05, 0.1) is 5.75 Å². The topological polar surface area (TPSA) is 60.9 Å². The molecule has 0 unspecified atom stereocenters. The van der Waals surface area contributed by atoms with E-state index in [-0.39, 0.29) is 23.8 Å². The zero-order valence-corrected chi connectivity index (χ0v) is 18.0. The lowest BCUT2D eigenvalue weighted by Gasteiger charge is -2.05. The lowest BCUT2D eigenvalue weighted by Crippen LogP contribution is -2.07. The van der Waals surface area contributed by atoms with Gasteiger partial charge in [-0.2, -0.15) is 0 Å². The van der Waals surface area contributed by atoms with Crippen LogP contribution in [0.25, 0.3) is 22.6 Å². The maximum absolute atomic E-state index is 13.3. The Balaban J connectivity index is 1.50. The summed E-state index contributed by atoms with van der Waals surface area (Å²) < 4.78 is 22.1. The summed E-state index contributed by atoms with van der Waals surface area (Å²) in [7, 11) is 0. The highest BCUT2D eigenvalue weighted by molar-refractivity contribution is 9.10. The van der Waals surface area contributed by atoms with Crippen LogP contribution in [-0.2, 0) is 17.8 Å². The summed E-state index contributed by atoms with van der Waals surface area (Å²) in [5.74, 6) is 1.16. The number of Topliss-reactive ketones (excluding diaryl/α,β-unsaturated/α-hetero) is 1. The van der Waals surface area contributed by atoms with E-state index < -0.39 is 0 Å². The Morgan fingerprint density at radius 2 is 2.07 bits per heavy atom. The minimum Gasteiger partial charge on any atom is -0.453 e. The first-order valence-corrected chi connectivity index (χ1v) is 10.8. The fraction of sp³-hybridized carbons (Fsp3) is 0.190. The number of carbonyl (C=O) groups excluding carboxylic acids is 1. The predicted octanol–water partition coefficient (Wildman–Crippen LogP) is 5.52. The number of furan rings is 1. The average molecular weight is 474 g/mol. The van der Waals surface area contributed by atoms with Crippen molar-refractivity contribution in [3.8, 4) is 11.6 Å². The van der Waals surface area contributed by atoms with Gasteiger partial charge in [-0.25, -0.2) is 4.39 Å². The van der Waals surface area contributed by atoms with Crippen molar-refractivity contribution in [2.75, 3.05) is 5.75 Å². The van der Waals surface area contributed by atoms with Crippen molar-refractivity contribution in [2.24, 2.45) is 0 Å². The highest BCUT2D eigenvalue weighted by atomic mass is 79.9. The molecule has 0 aliphatic rings. The van der Waals surface area contributed by atoms with Gasteiger partial charge in [0.2, 0.25) is 5.82 Å². The molecule has 0 saturated carbocycles. The number of hydrogen-bond acceptors (Lipinski definition) is 5. The van der Waals surface area contributed by atoms with Gasteiger partial charge in [0, 0.05) is 22.8 Å². The number of rotatable bonds is 7. The van der Waals surface area contributed by atoms with E-state index in [9.17, 15) is 9.18 Å². The van der Waals surface area contributed by atoms with Crippen LogP contribution in [0.15, 0.2) is 62.6 Å². The van der Waals surface area contributed by atoms with Crippen molar-refractivity contribution in [1.82, 2.24) is 14.8 Å². The second-order valence-corrected chi connectivity index (χ2v) is 8.34. The number of fused-ring (bicyclic) bond motifs is 1. The third-order valence-electron chi connectivity index (χ3n) is 4.38. The highest BCUT2D eigenvalue weighted by Gasteiger charge is 2.18. The smallest absolute Gasteiger partial charge is 0.200 e. The highest BCUT2D eigenvalue weighted by Crippen LogP contribution is 2.30. The van der Waals surface area contributed by atoms with E-state index in [1.807, 2.05) is 35.8 Å². The van der Waals surface area contributed by atoms with Gasteiger partial charge in [-0.1, -0.05) is 39.8 Å². The molecule has 4 aromatic rings. The SMILES string of the molecule is CCn1c(SCC(=O)Cc2cccc(F)c2)nnc1-c1cc2cc(Br)ccc2o1. The Labute approximate surface area is 179 Å². The van der Waals surface area contributed by atoms with Crippen molar-refractivity contribution in [3.05, 3.63) is 64.4 Å². The summed E-state index contributed by atoms with van der Waals surface area (Å²) in [5.41, 5.74) is 1.44. The summed E-state index contributed by atoms with van der Waals surface area (Å²) in [5, 5.41) is 10.1. The first kappa shape index (κ1) is 19.8. The number of aromatic nitrogens is 3. The molecule has 0 aliphatic heterocycles. The van der Waals surface area contributed by atoms with E-state index in [1.165, 1.54) is 23.9 Å². The molecule has 0 atom stereocenters. The summed E-state index contributed by atoms with van der Waals surface area (Å²) in [6.45, 7) is 2.63. The van der Waals surface area contributed by atoms with Gasteiger partial charge in [0.15, 0.2) is 10.9 Å². The minimum absolute atomic E-state index is 0.00129. The summed E-state index contributed by atoms with van der Waals surface area (Å²) in [6.07, 6.45) is 0.191. The maximum Gasteiger partial charge on any atom is 0.200 e. The first-order valence-electron chi connectivity index (χ1n) is 9.05. The molecule has 0 N–H and O–H groups in total. The van der Waals surface area contributed by atoms with Crippen LogP contribution in [-0.4, -0.2) is 26.3 Å². The molecule has 0 bridgehead atoms. The molecule has 2 aromatic carbocycles. The number of benzene rings is 2. The normalized spacial score (nSPS) is 11.3. The van der Waals surface area contributed by atoms with Crippen LogP contribution in [0, 0.1) is 5.82 Å². The van der Waals surface area contributed by atoms with E-state index in [4.69, 9.17) is 4.42 Å². The van der Waals surface area contributed by atoms with Crippen LogP contribution in [0.3, 0.4) is 0 Å². The Morgan fingerprint density at radius 3 is 2.86 bits per heavy atom. The average Bonchev–Trinajstić information content (AvgIpc) is 3.29. The molecule has 4 rings (SSSR count). The van der Waals surface area contributed by atoms with E-state index in [0.29, 0.717) is 28.8 Å². The first-order chi connectivity index (χ1) is 14.0. The van der Waals surface area contributed by atoms with Crippen LogP contribution in [0.1, 0.15) is 12.5 Å². The molecule has 29 heavy (non-hydrogen) atoms. The van der Waals surface area contributed by atoms with Crippen molar-refractivity contribution < 1.29 is 13.6 Å². The van der Waals surface area contributed by atoms with Crippen molar-refractivity contribution in [1.29, 1.82) is 0 Å². The van der Waals surface area contributed by atoms with Gasteiger partial charge in [0.1, 0.15) is 17.2 Å². The Bertz CT molecular complexity index is 1190. The zero-order chi connectivity index (χ0) is 20.4. The number of ketones is 1. The molecule has 0 aliphatic carbocycles. The summed E-state index contributed by atoms with van der Waals surface area (Å²) >= 11 is 4.79. The minimum atomic E-state index is -0.337. The van der Waals surface area contributed by atoms with Crippen LogP contribution in [0.2, 0.25) is 0 Å². The van der Waals surface area contributed by atoms with Gasteiger partial charge in [-0.3, -0.25) is 9.36 Å². The number of nitrogens with zero attached hydrogens (tertiary/aromatic N) is 3. The second kappa shape index (κ2) is 8.51. The maximum atomic E-state index is 13.3. The molecule has 8 heteroatoms. The van der Waals surface area contributed by atoms with E-state index >= 15 is 0 Å². The molecule has 0 saturated heterocycles. The molecular weight excluding hydrogens is 457 g/mol. The molecule has 5 nitrogen and oxygen atoms in total. The van der Waals surface area contributed by atoms with E-state index in [0.717, 1.165) is 15.4 Å². The number of hydrogen-bond donors (Lipinski definition) is 0. The van der Waals surface area contributed by atoms with E-state index in [2.05, 4.69) is 26.1 Å².